The fourth-order valence-corrected chi connectivity index (χ4v) is 5.20. The quantitative estimate of drug-likeness (QED) is 0.431. The van der Waals surface area contributed by atoms with Crippen LogP contribution in [0.3, 0.4) is 0 Å². The first kappa shape index (κ1) is 19.5. The third-order valence-corrected chi connectivity index (χ3v) is 7.11. The zero-order valence-corrected chi connectivity index (χ0v) is 18.5. The molecule has 4 aromatic heterocycles. The normalized spacial score (nSPS) is 19.1. The summed E-state index contributed by atoms with van der Waals surface area (Å²) in [5.74, 6) is 2.06. The summed E-state index contributed by atoms with van der Waals surface area (Å²) in [5.41, 5.74) is 3.77. The summed E-state index contributed by atoms with van der Waals surface area (Å²) < 4.78 is 0. The number of H-pyrrole nitrogens is 1. The van der Waals surface area contributed by atoms with E-state index in [9.17, 15) is 4.79 Å². The average Bonchev–Trinajstić information content (AvgIpc) is 3.50. The van der Waals surface area contributed by atoms with Crippen molar-refractivity contribution in [3.63, 3.8) is 0 Å². The predicted octanol–water partition coefficient (Wildman–Crippen LogP) is 2.68. The number of rotatable bonds is 4. The van der Waals surface area contributed by atoms with Crippen LogP contribution in [0, 0.1) is 0 Å². The summed E-state index contributed by atoms with van der Waals surface area (Å²) in [4.78, 5) is 33.7. The fourth-order valence-electron chi connectivity index (χ4n) is 5.20. The zero-order valence-electron chi connectivity index (χ0n) is 18.5. The van der Waals surface area contributed by atoms with Gasteiger partial charge in [0.25, 0.3) is 0 Å². The molecule has 1 spiro atoms. The molecule has 34 heavy (non-hydrogen) atoms. The molecule has 0 radical (unpaired) electrons. The van der Waals surface area contributed by atoms with Crippen LogP contribution in [0.4, 0.5) is 17.5 Å². The van der Waals surface area contributed by atoms with Crippen LogP contribution in [0.1, 0.15) is 31.4 Å². The maximum absolute atomic E-state index is 13.4. The Kier molecular flexibility index (Phi) is 4.19. The third kappa shape index (κ3) is 2.91. The van der Waals surface area contributed by atoms with Gasteiger partial charge in [-0.15, -0.1) is 0 Å². The topological polar surface area (TPSA) is 125 Å². The average molecular weight is 454 g/mol. The van der Waals surface area contributed by atoms with Crippen molar-refractivity contribution in [1.29, 1.82) is 0 Å². The van der Waals surface area contributed by atoms with Crippen LogP contribution in [0.25, 0.3) is 22.3 Å². The van der Waals surface area contributed by atoms with Gasteiger partial charge in [-0.1, -0.05) is 0 Å². The van der Waals surface area contributed by atoms with E-state index in [4.69, 9.17) is 9.97 Å². The Bertz CT molecular complexity index is 1420. The highest BCUT2D eigenvalue weighted by atomic mass is 16.2. The second-order valence-corrected chi connectivity index (χ2v) is 9.19. The van der Waals surface area contributed by atoms with Crippen molar-refractivity contribution in [2.45, 2.75) is 37.1 Å². The van der Waals surface area contributed by atoms with Gasteiger partial charge < -0.3 is 10.6 Å². The summed E-state index contributed by atoms with van der Waals surface area (Å²) in [5, 5.41) is 14.1. The minimum absolute atomic E-state index is 0.168. The minimum atomic E-state index is -0.444. The molecule has 2 fully saturated rings. The second-order valence-electron chi connectivity index (χ2n) is 9.19. The molecule has 6 heterocycles. The lowest BCUT2D eigenvalue weighted by molar-refractivity contribution is -0.120. The SMILES string of the molecule is O=C1N(C2CCNCC2)c2nc(Nc3cc(-c4ccnc5cccnc45)[nH]n3)cnc2C12CC2. The molecular formula is C24H23N9O. The Labute approximate surface area is 195 Å². The van der Waals surface area contributed by atoms with E-state index in [0.717, 1.165) is 66.8 Å². The van der Waals surface area contributed by atoms with Crippen molar-refractivity contribution in [1.82, 2.24) is 35.5 Å². The minimum Gasteiger partial charge on any atom is -0.322 e. The Hall–Kier alpha value is -3.92. The third-order valence-electron chi connectivity index (χ3n) is 7.11. The van der Waals surface area contributed by atoms with Gasteiger partial charge in [-0.25, -0.2) is 4.98 Å². The van der Waals surface area contributed by atoms with E-state index in [1.54, 1.807) is 18.6 Å². The van der Waals surface area contributed by atoms with Crippen LogP contribution in [0.2, 0.25) is 0 Å². The number of nitrogens with one attached hydrogen (secondary N) is 3. The molecule has 1 aliphatic carbocycles. The molecule has 2 aliphatic heterocycles. The van der Waals surface area contributed by atoms with Crippen molar-refractivity contribution in [2.75, 3.05) is 23.3 Å². The first-order chi connectivity index (χ1) is 16.7. The Morgan fingerprint density at radius 3 is 2.79 bits per heavy atom. The largest absolute Gasteiger partial charge is 0.322 e. The molecule has 7 rings (SSSR count). The number of anilines is 3. The number of nitrogens with zero attached hydrogens (tertiary/aromatic N) is 6. The van der Waals surface area contributed by atoms with Gasteiger partial charge in [0.05, 0.1) is 34.0 Å². The number of piperidine rings is 1. The summed E-state index contributed by atoms with van der Waals surface area (Å²) in [6, 6.07) is 7.80. The van der Waals surface area contributed by atoms with E-state index < -0.39 is 5.41 Å². The van der Waals surface area contributed by atoms with Crippen LogP contribution < -0.4 is 15.5 Å². The molecule has 1 amide bonds. The maximum Gasteiger partial charge on any atom is 0.240 e. The fraction of sp³-hybridized carbons (Fsp3) is 0.333. The van der Waals surface area contributed by atoms with Crippen molar-refractivity contribution in [3.8, 4) is 11.3 Å². The smallest absolute Gasteiger partial charge is 0.240 e. The van der Waals surface area contributed by atoms with Gasteiger partial charge >= 0.3 is 0 Å². The van der Waals surface area contributed by atoms with Crippen molar-refractivity contribution >= 4 is 34.4 Å². The molecule has 4 aromatic rings. The standard InChI is InChI=1S/C24H23N9O/c34-23-24(6-7-24)21-22(33(23)14-3-9-25-10-4-14)30-19(13-28-21)29-18-12-17(31-32-18)15-5-11-26-16-2-1-8-27-20(15)16/h1-2,5,8,11-14,25H,3-4,6-7,9-10H2,(H2,29,30,31,32). The predicted molar refractivity (Wildman–Crippen MR) is 127 cm³/mol. The van der Waals surface area contributed by atoms with Crippen LogP contribution in [-0.2, 0) is 10.2 Å². The Balaban J connectivity index is 1.20. The lowest BCUT2D eigenvalue weighted by Crippen LogP contribution is -2.46. The van der Waals surface area contributed by atoms with Crippen LogP contribution in [0.15, 0.2) is 42.9 Å². The summed E-state index contributed by atoms with van der Waals surface area (Å²) in [7, 11) is 0. The molecule has 0 atom stereocenters. The van der Waals surface area contributed by atoms with Gasteiger partial charge in [-0.2, -0.15) is 5.10 Å². The number of pyridine rings is 2. The maximum atomic E-state index is 13.4. The molecule has 0 unspecified atom stereocenters. The molecular weight excluding hydrogens is 430 g/mol. The van der Waals surface area contributed by atoms with Crippen molar-refractivity contribution in [3.05, 3.63) is 48.5 Å². The van der Waals surface area contributed by atoms with Crippen LogP contribution in [0.5, 0.6) is 0 Å². The van der Waals surface area contributed by atoms with E-state index in [2.05, 4.69) is 30.8 Å². The second kappa shape index (κ2) is 7.29. The van der Waals surface area contributed by atoms with Gasteiger partial charge in [0.2, 0.25) is 5.91 Å². The van der Waals surface area contributed by atoms with Gasteiger partial charge in [-0.3, -0.25) is 29.7 Å². The lowest BCUT2D eigenvalue weighted by Gasteiger charge is -2.31. The number of fused-ring (bicyclic) bond motifs is 3. The summed E-state index contributed by atoms with van der Waals surface area (Å²) in [6.45, 7) is 1.83. The van der Waals surface area contributed by atoms with E-state index >= 15 is 0 Å². The van der Waals surface area contributed by atoms with E-state index in [1.165, 1.54) is 0 Å². The molecule has 1 saturated carbocycles. The van der Waals surface area contributed by atoms with Gasteiger partial charge in [0, 0.05) is 30.1 Å². The molecule has 3 N–H and O–H groups in total. The number of hydrogen-bond acceptors (Lipinski definition) is 8. The van der Waals surface area contributed by atoms with E-state index in [0.29, 0.717) is 17.5 Å². The number of hydrogen-bond donors (Lipinski definition) is 3. The Morgan fingerprint density at radius 1 is 1.06 bits per heavy atom. The molecule has 1 saturated heterocycles. The van der Waals surface area contributed by atoms with Gasteiger partial charge in [0.1, 0.15) is 0 Å². The van der Waals surface area contributed by atoms with Gasteiger partial charge in [-0.05, 0) is 57.0 Å². The van der Waals surface area contributed by atoms with Crippen molar-refractivity contribution < 1.29 is 4.79 Å². The highest BCUT2D eigenvalue weighted by molar-refractivity contribution is 6.09. The van der Waals surface area contributed by atoms with Crippen LogP contribution >= 0.6 is 0 Å². The first-order valence-corrected chi connectivity index (χ1v) is 11.7. The molecule has 10 heteroatoms. The molecule has 10 nitrogen and oxygen atoms in total. The van der Waals surface area contributed by atoms with Crippen molar-refractivity contribution in [2.24, 2.45) is 0 Å². The van der Waals surface area contributed by atoms with E-state index in [1.807, 2.05) is 29.2 Å². The molecule has 0 aromatic carbocycles. The highest BCUT2D eigenvalue weighted by Gasteiger charge is 2.62. The van der Waals surface area contributed by atoms with E-state index in [-0.39, 0.29) is 11.9 Å². The number of aromatic amines is 1. The first-order valence-electron chi connectivity index (χ1n) is 11.7. The number of aromatic nitrogens is 6. The molecule has 3 aliphatic rings. The summed E-state index contributed by atoms with van der Waals surface area (Å²) >= 11 is 0. The lowest BCUT2D eigenvalue weighted by atomic mass is 10.0. The van der Waals surface area contributed by atoms with Crippen LogP contribution in [-0.4, -0.2) is 55.2 Å². The molecule has 0 bridgehead atoms. The Morgan fingerprint density at radius 2 is 1.94 bits per heavy atom. The highest BCUT2D eigenvalue weighted by Crippen LogP contribution is 2.56. The van der Waals surface area contributed by atoms with Gasteiger partial charge in [0.15, 0.2) is 17.5 Å². The number of carbonyl (C=O) groups is 1. The summed E-state index contributed by atoms with van der Waals surface area (Å²) in [6.07, 6.45) is 8.80. The number of carbonyl (C=O) groups excluding carboxylic acids is 1. The zero-order chi connectivity index (χ0) is 22.7. The number of amides is 1. The molecule has 170 valence electrons. The monoisotopic (exact) mass is 453 g/mol.